The van der Waals surface area contributed by atoms with Gasteiger partial charge < -0.3 is 19.1 Å². The van der Waals surface area contributed by atoms with E-state index in [1.54, 1.807) is 17.0 Å². The van der Waals surface area contributed by atoms with Gasteiger partial charge in [-0.1, -0.05) is 23.8 Å². The topological polar surface area (TPSA) is 65.1 Å². The summed E-state index contributed by atoms with van der Waals surface area (Å²) in [4.78, 5) is 25.3. The normalized spacial score (nSPS) is 12.3. The van der Waals surface area contributed by atoms with Crippen LogP contribution in [0, 0.1) is 0 Å². The number of carbonyl (C=O) groups excluding carboxylic acids is 2. The number of benzene rings is 1. The molecular formula is C18H20ClNO5. The number of carbonyl (C=O) groups is 2. The molecule has 0 radical (unpaired) electrons. The molecule has 25 heavy (non-hydrogen) atoms. The predicted molar refractivity (Wildman–Crippen MR) is 94.6 cm³/mol. The summed E-state index contributed by atoms with van der Waals surface area (Å²) in [5, 5.41) is 0.400. The van der Waals surface area contributed by atoms with E-state index in [0.29, 0.717) is 35.2 Å². The summed E-state index contributed by atoms with van der Waals surface area (Å²) in [6, 6.07) is 3.35. The highest BCUT2D eigenvalue weighted by molar-refractivity contribution is 6.32. The Labute approximate surface area is 151 Å². The van der Waals surface area contributed by atoms with Crippen LogP contribution in [0.15, 0.2) is 30.4 Å². The molecule has 0 unspecified atom stereocenters. The maximum Gasteiger partial charge on any atom is 0.331 e. The van der Waals surface area contributed by atoms with Crippen LogP contribution in [-0.2, 0) is 14.3 Å². The van der Waals surface area contributed by atoms with E-state index in [1.807, 2.05) is 13.8 Å². The minimum Gasteiger partial charge on any atom is -0.454 e. The first kappa shape index (κ1) is 18.9. The molecule has 1 heterocycles. The van der Waals surface area contributed by atoms with Crippen molar-refractivity contribution >= 4 is 29.6 Å². The standard InChI is InChI=1S/C18H20ClNO5/c1-4-20(9-12(2)3)16(21)10-23-17(22)6-5-13-7-14(19)18-15(8-13)24-11-25-18/h5-8H,2,4,9-11H2,1,3H3/b6-5+. The average Bonchev–Trinajstić information content (AvgIpc) is 3.04. The van der Waals surface area contributed by atoms with Crippen LogP contribution in [0.25, 0.3) is 6.08 Å². The molecule has 0 saturated carbocycles. The molecule has 0 bridgehead atoms. The lowest BCUT2D eigenvalue weighted by Crippen LogP contribution is -2.35. The van der Waals surface area contributed by atoms with Gasteiger partial charge in [0.25, 0.3) is 5.91 Å². The molecule has 1 aromatic carbocycles. The molecule has 1 amide bonds. The fraction of sp³-hybridized carbons (Fsp3) is 0.333. The molecule has 134 valence electrons. The van der Waals surface area contributed by atoms with Crippen LogP contribution in [0.4, 0.5) is 0 Å². The number of likely N-dealkylation sites (N-methyl/N-ethyl adjacent to an activating group) is 1. The first-order valence-electron chi connectivity index (χ1n) is 7.76. The van der Waals surface area contributed by atoms with E-state index < -0.39 is 5.97 Å². The van der Waals surface area contributed by atoms with Crippen LogP contribution < -0.4 is 9.47 Å². The number of hydrogen-bond donors (Lipinski definition) is 0. The number of rotatable bonds is 7. The first-order valence-corrected chi connectivity index (χ1v) is 8.14. The van der Waals surface area contributed by atoms with Crippen molar-refractivity contribution in [2.75, 3.05) is 26.5 Å². The minimum absolute atomic E-state index is 0.116. The van der Waals surface area contributed by atoms with Crippen LogP contribution in [0.2, 0.25) is 5.02 Å². The van der Waals surface area contributed by atoms with Gasteiger partial charge in [0.05, 0.1) is 5.02 Å². The van der Waals surface area contributed by atoms with Crippen molar-refractivity contribution in [3.05, 3.63) is 40.9 Å². The van der Waals surface area contributed by atoms with Gasteiger partial charge in [-0.3, -0.25) is 4.79 Å². The zero-order chi connectivity index (χ0) is 18.4. The molecule has 1 aromatic rings. The Morgan fingerprint density at radius 3 is 2.84 bits per heavy atom. The summed E-state index contributed by atoms with van der Waals surface area (Å²) in [5.41, 5.74) is 1.52. The van der Waals surface area contributed by atoms with Crippen molar-refractivity contribution in [3.8, 4) is 11.5 Å². The van der Waals surface area contributed by atoms with E-state index in [1.165, 1.54) is 12.2 Å². The Hall–Kier alpha value is -2.47. The number of esters is 1. The maximum atomic E-state index is 12.0. The lowest BCUT2D eigenvalue weighted by molar-refractivity contribution is -0.147. The molecule has 0 aromatic heterocycles. The second-order valence-electron chi connectivity index (χ2n) is 5.54. The third-order valence-corrected chi connectivity index (χ3v) is 3.68. The van der Waals surface area contributed by atoms with Crippen LogP contribution in [0.5, 0.6) is 11.5 Å². The zero-order valence-electron chi connectivity index (χ0n) is 14.2. The largest absolute Gasteiger partial charge is 0.454 e. The van der Waals surface area contributed by atoms with Crippen LogP contribution in [-0.4, -0.2) is 43.3 Å². The van der Waals surface area contributed by atoms with Gasteiger partial charge in [0.15, 0.2) is 18.1 Å². The summed E-state index contributed by atoms with van der Waals surface area (Å²) < 4.78 is 15.5. The van der Waals surface area contributed by atoms with Gasteiger partial charge in [-0.15, -0.1) is 0 Å². The van der Waals surface area contributed by atoms with Crippen molar-refractivity contribution in [2.24, 2.45) is 0 Å². The van der Waals surface area contributed by atoms with E-state index in [0.717, 1.165) is 5.57 Å². The van der Waals surface area contributed by atoms with Crippen LogP contribution in [0.3, 0.4) is 0 Å². The zero-order valence-corrected chi connectivity index (χ0v) is 15.0. The summed E-state index contributed by atoms with van der Waals surface area (Å²) >= 11 is 6.07. The van der Waals surface area contributed by atoms with Gasteiger partial charge in [-0.25, -0.2) is 4.79 Å². The fourth-order valence-electron chi connectivity index (χ4n) is 2.22. The number of amides is 1. The van der Waals surface area contributed by atoms with Gasteiger partial charge >= 0.3 is 5.97 Å². The van der Waals surface area contributed by atoms with E-state index in [-0.39, 0.29) is 19.3 Å². The van der Waals surface area contributed by atoms with Gasteiger partial charge in [0.2, 0.25) is 6.79 Å². The highest BCUT2D eigenvalue weighted by Crippen LogP contribution is 2.40. The van der Waals surface area contributed by atoms with E-state index in [9.17, 15) is 9.59 Å². The number of halogens is 1. The van der Waals surface area contributed by atoms with Crippen molar-refractivity contribution in [2.45, 2.75) is 13.8 Å². The smallest absolute Gasteiger partial charge is 0.331 e. The molecule has 6 nitrogen and oxygen atoms in total. The third kappa shape index (κ3) is 5.26. The number of hydrogen-bond acceptors (Lipinski definition) is 5. The number of fused-ring (bicyclic) bond motifs is 1. The molecule has 0 N–H and O–H groups in total. The Morgan fingerprint density at radius 1 is 1.40 bits per heavy atom. The van der Waals surface area contributed by atoms with Gasteiger partial charge in [0, 0.05) is 19.2 Å². The quantitative estimate of drug-likeness (QED) is 0.422. The highest BCUT2D eigenvalue weighted by Gasteiger charge is 2.18. The van der Waals surface area contributed by atoms with E-state index in [2.05, 4.69) is 6.58 Å². The molecule has 1 aliphatic heterocycles. The van der Waals surface area contributed by atoms with Gasteiger partial charge in [0.1, 0.15) is 0 Å². The molecule has 7 heteroatoms. The summed E-state index contributed by atoms with van der Waals surface area (Å²) in [7, 11) is 0. The Morgan fingerprint density at radius 2 is 2.16 bits per heavy atom. The molecule has 2 rings (SSSR count). The second-order valence-corrected chi connectivity index (χ2v) is 5.95. The molecule has 0 atom stereocenters. The first-order chi connectivity index (χ1) is 11.9. The molecule has 0 fully saturated rings. The average molecular weight is 366 g/mol. The SMILES string of the molecule is C=C(C)CN(CC)C(=O)COC(=O)/C=C/c1cc(Cl)c2c(c1)OCO2. The van der Waals surface area contributed by atoms with Crippen LogP contribution >= 0.6 is 11.6 Å². The third-order valence-electron chi connectivity index (χ3n) is 3.39. The molecule has 0 aliphatic carbocycles. The Bertz CT molecular complexity index is 714. The summed E-state index contributed by atoms with van der Waals surface area (Å²) in [6.45, 7) is 8.23. The fourth-order valence-corrected chi connectivity index (χ4v) is 2.50. The second kappa shape index (κ2) is 8.58. The van der Waals surface area contributed by atoms with Gasteiger partial charge in [-0.2, -0.15) is 0 Å². The van der Waals surface area contributed by atoms with Crippen molar-refractivity contribution in [1.29, 1.82) is 0 Å². The minimum atomic E-state index is -0.617. The predicted octanol–water partition coefficient (Wildman–Crippen LogP) is 3.05. The van der Waals surface area contributed by atoms with E-state index >= 15 is 0 Å². The van der Waals surface area contributed by atoms with Crippen molar-refractivity contribution < 1.29 is 23.8 Å². The molecule has 0 spiro atoms. The molecule has 1 aliphatic rings. The van der Waals surface area contributed by atoms with Crippen molar-refractivity contribution in [1.82, 2.24) is 4.90 Å². The van der Waals surface area contributed by atoms with E-state index in [4.69, 9.17) is 25.8 Å². The Balaban J connectivity index is 1.90. The maximum absolute atomic E-state index is 12.0. The highest BCUT2D eigenvalue weighted by atomic mass is 35.5. The molecular weight excluding hydrogens is 346 g/mol. The molecule has 0 saturated heterocycles. The number of ether oxygens (including phenoxy) is 3. The lowest BCUT2D eigenvalue weighted by atomic mass is 10.2. The van der Waals surface area contributed by atoms with Crippen molar-refractivity contribution in [3.63, 3.8) is 0 Å². The van der Waals surface area contributed by atoms with Gasteiger partial charge in [-0.05, 0) is 37.6 Å². The van der Waals surface area contributed by atoms with Crippen LogP contribution in [0.1, 0.15) is 19.4 Å². The summed E-state index contributed by atoms with van der Waals surface area (Å²) in [5.74, 6) is 0.130. The number of nitrogens with zero attached hydrogens (tertiary/aromatic N) is 1. The lowest BCUT2D eigenvalue weighted by Gasteiger charge is -2.20. The monoisotopic (exact) mass is 365 g/mol. The summed E-state index contributed by atoms with van der Waals surface area (Å²) in [6.07, 6.45) is 2.77. The Kier molecular flexibility index (Phi) is 6.47.